The van der Waals surface area contributed by atoms with Gasteiger partial charge in [-0.15, -0.1) is 0 Å². The molecule has 43 heavy (non-hydrogen) atoms. The summed E-state index contributed by atoms with van der Waals surface area (Å²) >= 11 is 0. The van der Waals surface area contributed by atoms with Gasteiger partial charge in [0.2, 0.25) is 11.4 Å². The van der Waals surface area contributed by atoms with Crippen LogP contribution in [0, 0.1) is 0 Å². The fourth-order valence-corrected chi connectivity index (χ4v) is 6.40. The second-order valence-corrected chi connectivity index (χ2v) is 17.4. The molecule has 11 nitrogen and oxygen atoms in total. The standard InChI is InChI=1S/C31H41N7O4Si/c1-31(2,3)43(8,9)42-27-14-22(35-29(27)39)19-38-28(34-21-12-23(40-6)15-24(13-21)41-7)11-10-25-30(38)37(5)26(17-32-25)20-16-33-36(4)18-20/h10-13,15-18,22,27H,14,19H2,1-9H3/p+1. The van der Waals surface area contributed by atoms with Crippen LogP contribution in [-0.2, 0) is 29.9 Å². The first-order valence-corrected chi connectivity index (χ1v) is 17.3. The maximum Gasteiger partial charge on any atom is 0.309 e. The number of ether oxygens (including phenoxy) is 2. The van der Waals surface area contributed by atoms with Crippen LogP contribution in [0.4, 0.5) is 5.69 Å². The van der Waals surface area contributed by atoms with E-state index in [0.717, 1.165) is 22.4 Å². The molecule has 2 unspecified atom stereocenters. The molecule has 0 saturated carbocycles. The van der Waals surface area contributed by atoms with Gasteiger partial charge >= 0.3 is 5.65 Å². The normalized spacial score (nSPS) is 17.9. The van der Waals surface area contributed by atoms with E-state index in [0.29, 0.717) is 35.6 Å². The Morgan fingerprint density at radius 1 is 1.12 bits per heavy atom. The molecule has 1 saturated heterocycles. The van der Waals surface area contributed by atoms with E-state index in [-0.39, 0.29) is 17.0 Å². The average molecular weight is 605 g/mol. The second-order valence-electron chi connectivity index (χ2n) is 12.6. The van der Waals surface area contributed by atoms with Crippen molar-refractivity contribution in [1.82, 2.24) is 24.6 Å². The molecule has 0 bridgehead atoms. The van der Waals surface area contributed by atoms with Gasteiger partial charge in [-0.1, -0.05) is 20.8 Å². The Morgan fingerprint density at radius 2 is 1.81 bits per heavy atom. The van der Waals surface area contributed by atoms with Crippen LogP contribution >= 0.6 is 0 Å². The number of hydrogen-bond acceptors (Lipinski definition) is 7. The van der Waals surface area contributed by atoms with Crippen LogP contribution < -0.4 is 24.8 Å². The molecule has 3 aromatic heterocycles. The number of pyridine rings is 1. The topological polar surface area (TPSA) is 109 Å². The van der Waals surface area contributed by atoms with Crippen molar-refractivity contribution in [3.63, 3.8) is 0 Å². The quantitative estimate of drug-likeness (QED) is 0.242. The third-order valence-corrected chi connectivity index (χ3v) is 13.0. The summed E-state index contributed by atoms with van der Waals surface area (Å²) < 4.78 is 23.5. The molecule has 12 heteroatoms. The lowest BCUT2D eigenvalue weighted by Crippen LogP contribution is -2.45. The highest BCUT2D eigenvalue weighted by atomic mass is 28.4. The third-order valence-electron chi connectivity index (χ3n) is 8.52. The molecule has 0 radical (unpaired) electrons. The molecule has 1 aromatic carbocycles. The number of methoxy groups -OCH3 is 2. The number of aryl methyl sites for hydroxylation is 2. The van der Waals surface area contributed by atoms with Gasteiger partial charge in [-0.05, 0) is 24.2 Å². The zero-order valence-electron chi connectivity index (χ0n) is 26.5. The predicted molar refractivity (Wildman–Crippen MR) is 166 cm³/mol. The van der Waals surface area contributed by atoms with E-state index in [1.54, 1.807) is 18.9 Å². The van der Waals surface area contributed by atoms with Crippen LogP contribution in [0.1, 0.15) is 27.2 Å². The monoisotopic (exact) mass is 604 g/mol. The number of nitrogens with zero attached hydrogens (tertiary/aromatic N) is 6. The molecule has 2 atom stereocenters. The summed E-state index contributed by atoms with van der Waals surface area (Å²) in [6.07, 6.45) is 5.73. The van der Waals surface area contributed by atoms with E-state index in [1.165, 1.54) is 0 Å². The minimum Gasteiger partial charge on any atom is -0.497 e. The molecule has 228 valence electrons. The van der Waals surface area contributed by atoms with Gasteiger partial charge in [0.25, 0.3) is 0 Å². The number of fused-ring (bicyclic) bond motifs is 1. The van der Waals surface area contributed by atoms with Gasteiger partial charge in [0, 0.05) is 43.9 Å². The van der Waals surface area contributed by atoms with Crippen molar-refractivity contribution in [3.8, 4) is 22.8 Å². The largest absolute Gasteiger partial charge is 0.497 e. The van der Waals surface area contributed by atoms with Crippen LogP contribution in [-0.4, -0.2) is 59.9 Å². The first-order valence-electron chi connectivity index (χ1n) is 14.4. The summed E-state index contributed by atoms with van der Waals surface area (Å²) in [5.41, 5.74) is 4.90. The molecular weight excluding hydrogens is 562 g/mol. The van der Waals surface area contributed by atoms with Gasteiger partial charge in [-0.25, -0.2) is 19.1 Å². The number of carbonyl (C=O) groups is 1. The fourth-order valence-electron chi connectivity index (χ4n) is 5.13. The predicted octanol–water partition coefficient (Wildman–Crippen LogP) is 3.79. The van der Waals surface area contributed by atoms with Crippen molar-refractivity contribution < 1.29 is 23.3 Å². The average Bonchev–Trinajstić information content (AvgIpc) is 3.53. The molecule has 1 aliphatic rings. The van der Waals surface area contributed by atoms with Crippen molar-refractivity contribution in [3.05, 3.63) is 54.4 Å². The highest BCUT2D eigenvalue weighted by Gasteiger charge is 2.44. The van der Waals surface area contributed by atoms with E-state index in [1.807, 2.05) is 63.0 Å². The minimum absolute atomic E-state index is 0.00170. The molecule has 0 aliphatic carbocycles. The van der Waals surface area contributed by atoms with Crippen LogP contribution in [0.2, 0.25) is 18.1 Å². The highest BCUT2D eigenvalue weighted by Crippen LogP contribution is 2.38. The van der Waals surface area contributed by atoms with Crippen LogP contribution in [0.3, 0.4) is 0 Å². The SMILES string of the molecule is COc1cc(N=c2ccc3ncc(-c4cnn(C)c4)[n+](C)c3n2CC2CC(O[Si](C)(C)C(C)(C)C)C(=O)N2)cc(OC)c1. The van der Waals surface area contributed by atoms with Gasteiger partial charge < -0.3 is 19.2 Å². The lowest BCUT2D eigenvalue weighted by molar-refractivity contribution is -0.637. The summed E-state index contributed by atoms with van der Waals surface area (Å²) in [7, 11) is 5.00. The van der Waals surface area contributed by atoms with E-state index >= 15 is 0 Å². The lowest BCUT2D eigenvalue weighted by Gasteiger charge is -2.37. The number of amides is 1. The Hall–Kier alpha value is -4.03. The van der Waals surface area contributed by atoms with E-state index in [9.17, 15) is 4.79 Å². The van der Waals surface area contributed by atoms with Crippen molar-refractivity contribution in [2.75, 3.05) is 14.2 Å². The Kier molecular flexibility index (Phi) is 8.19. The van der Waals surface area contributed by atoms with Crippen molar-refractivity contribution in [2.45, 2.75) is 64.0 Å². The summed E-state index contributed by atoms with van der Waals surface area (Å²) in [5, 5.41) is 7.56. The number of nitrogens with one attached hydrogen (secondary N) is 1. The van der Waals surface area contributed by atoms with Gasteiger partial charge in [-0.2, -0.15) is 5.10 Å². The molecule has 1 fully saturated rings. The number of benzene rings is 1. The molecular formula is C31H42N7O4Si+. The number of carbonyl (C=O) groups excluding carboxylic acids is 1. The first kappa shape index (κ1) is 30.4. The maximum absolute atomic E-state index is 13.2. The van der Waals surface area contributed by atoms with E-state index in [2.05, 4.69) is 53.4 Å². The Bertz CT molecular complexity index is 1720. The van der Waals surface area contributed by atoms with Crippen LogP contribution in [0.15, 0.2) is 53.9 Å². The van der Waals surface area contributed by atoms with E-state index < -0.39 is 14.4 Å². The molecule has 0 spiro atoms. The highest BCUT2D eigenvalue weighted by molar-refractivity contribution is 6.74. The molecule has 1 amide bonds. The molecule has 1 N–H and O–H groups in total. The molecule has 5 rings (SSSR count). The third kappa shape index (κ3) is 6.21. The van der Waals surface area contributed by atoms with E-state index in [4.69, 9.17) is 23.9 Å². The van der Waals surface area contributed by atoms with Crippen molar-refractivity contribution in [1.29, 1.82) is 0 Å². The minimum atomic E-state index is -2.14. The molecule has 1 aliphatic heterocycles. The van der Waals surface area contributed by atoms with Gasteiger partial charge in [0.05, 0.1) is 51.0 Å². The molecule has 4 heterocycles. The fraction of sp³-hybridized carbons (Fsp3) is 0.452. The summed E-state index contributed by atoms with van der Waals surface area (Å²) in [4.78, 5) is 23.0. The number of hydrogen-bond donors (Lipinski definition) is 1. The zero-order valence-corrected chi connectivity index (χ0v) is 27.5. The summed E-state index contributed by atoms with van der Waals surface area (Å²) in [6, 6.07) is 9.29. The van der Waals surface area contributed by atoms with Crippen molar-refractivity contribution >= 4 is 31.1 Å². The van der Waals surface area contributed by atoms with Crippen molar-refractivity contribution in [2.24, 2.45) is 19.1 Å². The van der Waals surface area contributed by atoms with Crippen LogP contribution in [0.5, 0.6) is 11.5 Å². The number of aromatic nitrogens is 5. The summed E-state index contributed by atoms with van der Waals surface area (Å²) in [6.45, 7) is 11.4. The Balaban J connectivity index is 1.63. The molecule has 4 aromatic rings. The number of rotatable bonds is 8. The van der Waals surface area contributed by atoms with Gasteiger partial charge in [0.1, 0.15) is 24.1 Å². The lowest BCUT2D eigenvalue weighted by atomic mass is 10.2. The van der Waals surface area contributed by atoms with Gasteiger partial charge in [0.15, 0.2) is 19.5 Å². The van der Waals surface area contributed by atoms with Gasteiger partial charge in [-0.3, -0.25) is 9.48 Å². The van der Waals surface area contributed by atoms with Crippen LogP contribution in [0.25, 0.3) is 22.4 Å². The zero-order chi connectivity index (χ0) is 31.1. The maximum atomic E-state index is 13.2. The smallest absolute Gasteiger partial charge is 0.309 e. The Morgan fingerprint density at radius 3 is 2.42 bits per heavy atom. The first-order chi connectivity index (χ1) is 20.3. The Labute approximate surface area is 253 Å². The second kappa shape index (κ2) is 11.6. The summed E-state index contributed by atoms with van der Waals surface area (Å²) in [5.74, 6) is 1.22.